The molecule has 160 valence electrons. The van der Waals surface area contributed by atoms with Crippen LogP contribution in [0.5, 0.6) is 0 Å². The molecule has 0 unspecified atom stereocenters. The molecule has 2 aromatic carbocycles. The molecule has 3 rings (SSSR count). The van der Waals surface area contributed by atoms with Crippen molar-refractivity contribution in [2.75, 3.05) is 6.54 Å². The van der Waals surface area contributed by atoms with Gasteiger partial charge < -0.3 is 5.32 Å². The van der Waals surface area contributed by atoms with E-state index in [1.807, 2.05) is 24.3 Å². The summed E-state index contributed by atoms with van der Waals surface area (Å²) in [7, 11) is -3.85. The maximum atomic E-state index is 12.6. The SMILES string of the molecule is CC(C)(C)NS(=O)(=O)c1cc(C(=O)NCCCc2nc3ccccc3s2)ccc1Cl. The van der Waals surface area contributed by atoms with E-state index in [9.17, 15) is 13.2 Å². The minimum absolute atomic E-state index is 0.0686. The number of carbonyl (C=O) groups excluding carboxylic acids is 1. The maximum Gasteiger partial charge on any atom is 0.251 e. The van der Waals surface area contributed by atoms with Gasteiger partial charge in [-0.25, -0.2) is 18.1 Å². The average molecular weight is 466 g/mol. The summed E-state index contributed by atoms with van der Waals surface area (Å²) in [5.74, 6) is -0.344. The van der Waals surface area contributed by atoms with Crippen molar-refractivity contribution < 1.29 is 13.2 Å². The number of aryl methyl sites for hydroxylation is 1. The second-order valence-electron chi connectivity index (χ2n) is 7.94. The zero-order valence-electron chi connectivity index (χ0n) is 17.0. The fourth-order valence-electron chi connectivity index (χ4n) is 2.88. The Hall–Kier alpha value is -2.00. The molecule has 3 aromatic rings. The molecule has 0 aliphatic heterocycles. The molecule has 0 saturated heterocycles. The lowest BCUT2D eigenvalue weighted by molar-refractivity contribution is 0.0953. The zero-order chi connectivity index (χ0) is 21.9. The summed E-state index contributed by atoms with van der Waals surface area (Å²) in [6.07, 6.45) is 1.49. The van der Waals surface area contributed by atoms with Gasteiger partial charge in [-0.05, 0) is 57.5 Å². The number of thiazole rings is 1. The molecular weight excluding hydrogens is 442 g/mol. The number of fused-ring (bicyclic) bond motifs is 1. The first-order valence-electron chi connectivity index (χ1n) is 9.51. The molecule has 0 bridgehead atoms. The van der Waals surface area contributed by atoms with Crippen molar-refractivity contribution in [1.82, 2.24) is 15.0 Å². The third kappa shape index (κ3) is 5.78. The molecule has 0 fully saturated rings. The van der Waals surface area contributed by atoms with Crippen LogP contribution in [-0.4, -0.2) is 31.4 Å². The number of nitrogens with one attached hydrogen (secondary N) is 2. The predicted molar refractivity (Wildman–Crippen MR) is 122 cm³/mol. The summed E-state index contributed by atoms with van der Waals surface area (Å²) in [6, 6.07) is 12.2. The third-order valence-electron chi connectivity index (χ3n) is 4.11. The van der Waals surface area contributed by atoms with Gasteiger partial charge in [0.15, 0.2) is 0 Å². The average Bonchev–Trinajstić information content (AvgIpc) is 3.06. The van der Waals surface area contributed by atoms with E-state index in [0.717, 1.165) is 28.1 Å². The van der Waals surface area contributed by atoms with Crippen molar-refractivity contribution in [2.24, 2.45) is 0 Å². The van der Waals surface area contributed by atoms with Crippen molar-refractivity contribution >= 4 is 49.1 Å². The van der Waals surface area contributed by atoms with Crippen LogP contribution in [0.15, 0.2) is 47.4 Å². The van der Waals surface area contributed by atoms with Crippen LogP contribution in [0.2, 0.25) is 5.02 Å². The number of aromatic nitrogens is 1. The molecule has 1 heterocycles. The highest BCUT2D eigenvalue weighted by molar-refractivity contribution is 7.89. The van der Waals surface area contributed by atoms with Crippen LogP contribution in [0, 0.1) is 0 Å². The van der Waals surface area contributed by atoms with Gasteiger partial charge in [-0.15, -0.1) is 11.3 Å². The minimum atomic E-state index is -3.85. The molecule has 9 heteroatoms. The van der Waals surface area contributed by atoms with Crippen molar-refractivity contribution in [3.8, 4) is 0 Å². The van der Waals surface area contributed by atoms with Gasteiger partial charge in [-0.2, -0.15) is 0 Å². The molecule has 0 spiro atoms. The summed E-state index contributed by atoms with van der Waals surface area (Å²) in [5, 5.41) is 3.92. The number of amides is 1. The van der Waals surface area contributed by atoms with E-state index in [0.29, 0.717) is 6.54 Å². The van der Waals surface area contributed by atoms with E-state index in [4.69, 9.17) is 11.6 Å². The van der Waals surface area contributed by atoms with Gasteiger partial charge in [0.05, 0.1) is 20.2 Å². The highest BCUT2D eigenvalue weighted by Crippen LogP contribution is 2.24. The van der Waals surface area contributed by atoms with Crippen LogP contribution < -0.4 is 10.0 Å². The Kier molecular flexibility index (Phi) is 6.81. The van der Waals surface area contributed by atoms with Gasteiger partial charge in [0.1, 0.15) is 4.90 Å². The van der Waals surface area contributed by atoms with E-state index < -0.39 is 15.6 Å². The number of nitrogens with zero attached hydrogens (tertiary/aromatic N) is 1. The number of rotatable bonds is 7. The first-order chi connectivity index (χ1) is 14.0. The van der Waals surface area contributed by atoms with Gasteiger partial charge in [-0.1, -0.05) is 23.7 Å². The van der Waals surface area contributed by atoms with Gasteiger partial charge in [0.2, 0.25) is 10.0 Å². The predicted octanol–water partition coefficient (Wildman–Crippen LogP) is 4.39. The van der Waals surface area contributed by atoms with Gasteiger partial charge >= 0.3 is 0 Å². The van der Waals surface area contributed by atoms with E-state index in [-0.39, 0.29) is 21.4 Å². The Balaban J connectivity index is 1.61. The largest absolute Gasteiger partial charge is 0.352 e. The Labute approximate surface area is 185 Å². The molecule has 0 aliphatic rings. The lowest BCUT2D eigenvalue weighted by Crippen LogP contribution is -2.40. The van der Waals surface area contributed by atoms with Crippen molar-refractivity contribution in [3.05, 3.63) is 58.1 Å². The van der Waals surface area contributed by atoms with Crippen molar-refractivity contribution in [1.29, 1.82) is 0 Å². The smallest absolute Gasteiger partial charge is 0.251 e. The molecule has 1 amide bonds. The fraction of sp³-hybridized carbons (Fsp3) is 0.333. The monoisotopic (exact) mass is 465 g/mol. The first kappa shape index (κ1) is 22.7. The normalized spacial score (nSPS) is 12.3. The number of carbonyl (C=O) groups is 1. The van der Waals surface area contributed by atoms with Gasteiger partial charge in [-0.3, -0.25) is 4.79 Å². The summed E-state index contributed by atoms with van der Waals surface area (Å²) in [5.41, 5.74) is 0.565. The van der Waals surface area contributed by atoms with Crippen LogP contribution in [0.1, 0.15) is 42.6 Å². The highest BCUT2D eigenvalue weighted by Gasteiger charge is 2.25. The topological polar surface area (TPSA) is 88.2 Å². The van der Waals surface area contributed by atoms with Crippen LogP contribution in [0.25, 0.3) is 10.2 Å². The minimum Gasteiger partial charge on any atom is -0.352 e. The fourth-order valence-corrected chi connectivity index (χ4v) is 5.83. The molecule has 2 N–H and O–H groups in total. The second-order valence-corrected chi connectivity index (χ2v) is 11.1. The Morgan fingerprint density at radius 1 is 1.17 bits per heavy atom. The zero-order valence-corrected chi connectivity index (χ0v) is 19.4. The summed E-state index contributed by atoms with van der Waals surface area (Å²) < 4.78 is 28.9. The first-order valence-corrected chi connectivity index (χ1v) is 12.2. The van der Waals surface area contributed by atoms with Gasteiger partial charge in [0.25, 0.3) is 5.91 Å². The van der Waals surface area contributed by atoms with E-state index in [1.54, 1.807) is 32.1 Å². The van der Waals surface area contributed by atoms with E-state index in [1.165, 1.54) is 18.2 Å². The molecule has 0 saturated carbocycles. The molecular formula is C21H24ClN3O3S2. The number of halogens is 1. The molecule has 30 heavy (non-hydrogen) atoms. The standard InChI is InChI=1S/C21H24ClN3O3S2/c1-21(2,3)25-30(27,28)18-13-14(10-11-15(18)22)20(26)23-12-6-9-19-24-16-7-4-5-8-17(16)29-19/h4-5,7-8,10-11,13,25H,6,9,12H2,1-3H3,(H,23,26). The van der Waals surface area contributed by atoms with E-state index in [2.05, 4.69) is 15.0 Å². The highest BCUT2D eigenvalue weighted by atomic mass is 35.5. The Morgan fingerprint density at radius 3 is 2.60 bits per heavy atom. The maximum absolute atomic E-state index is 12.6. The number of hydrogen-bond acceptors (Lipinski definition) is 5. The van der Waals surface area contributed by atoms with E-state index >= 15 is 0 Å². The molecule has 6 nitrogen and oxygen atoms in total. The molecule has 0 aliphatic carbocycles. The van der Waals surface area contributed by atoms with Crippen LogP contribution in [-0.2, 0) is 16.4 Å². The Morgan fingerprint density at radius 2 is 1.90 bits per heavy atom. The van der Waals surface area contributed by atoms with Crippen LogP contribution >= 0.6 is 22.9 Å². The summed E-state index contributed by atoms with van der Waals surface area (Å²) in [4.78, 5) is 17.0. The number of para-hydroxylation sites is 1. The molecule has 0 atom stereocenters. The lowest BCUT2D eigenvalue weighted by Gasteiger charge is -2.21. The Bertz CT molecular complexity index is 1130. The number of sulfonamides is 1. The van der Waals surface area contributed by atoms with Crippen molar-refractivity contribution in [3.63, 3.8) is 0 Å². The lowest BCUT2D eigenvalue weighted by atomic mass is 10.1. The van der Waals surface area contributed by atoms with Crippen LogP contribution in [0.4, 0.5) is 0 Å². The number of benzene rings is 2. The van der Waals surface area contributed by atoms with Gasteiger partial charge in [0, 0.05) is 24.1 Å². The molecule has 0 radical (unpaired) electrons. The summed E-state index contributed by atoms with van der Waals surface area (Å²) in [6.45, 7) is 5.67. The van der Waals surface area contributed by atoms with Crippen molar-refractivity contribution in [2.45, 2.75) is 44.0 Å². The quantitative estimate of drug-likeness (QED) is 0.506. The third-order valence-corrected chi connectivity index (χ3v) is 7.45. The molecule has 1 aromatic heterocycles. The number of hydrogen-bond donors (Lipinski definition) is 2. The van der Waals surface area contributed by atoms with Crippen LogP contribution in [0.3, 0.4) is 0 Å². The summed E-state index contributed by atoms with van der Waals surface area (Å²) >= 11 is 7.74. The second kappa shape index (κ2) is 9.01.